The van der Waals surface area contributed by atoms with E-state index >= 15 is 0 Å². The van der Waals surface area contributed by atoms with Crippen LogP contribution in [0.5, 0.6) is 5.75 Å². The van der Waals surface area contributed by atoms with E-state index in [1.54, 1.807) is 0 Å². The normalized spacial score (nSPS) is 10.9. The van der Waals surface area contributed by atoms with Crippen LogP contribution in [-0.2, 0) is 16.0 Å². The molecule has 4 nitrogen and oxygen atoms in total. The Morgan fingerprint density at radius 3 is 2.06 bits per heavy atom. The summed E-state index contributed by atoms with van der Waals surface area (Å²) in [5.41, 5.74) is 1.23. The molecule has 0 spiro atoms. The van der Waals surface area contributed by atoms with Gasteiger partial charge in [0.25, 0.3) is 0 Å². The summed E-state index contributed by atoms with van der Waals surface area (Å²) in [7, 11) is 0. The van der Waals surface area contributed by atoms with Crippen molar-refractivity contribution in [3.05, 3.63) is 23.8 Å². The van der Waals surface area contributed by atoms with Crippen molar-refractivity contribution in [1.82, 2.24) is 0 Å². The number of carboxylic acids is 1. The third kappa shape index (κ3) is 14.2. The summed E-state index contributed by atoms with van der Waals surface area (Å²) in [6, 6.07) is 5.98. The van der Waals surface area contributed by atoms with Gasteiger partial charge in [-0.15, -0.1) is 11.8 Å². The first-order chi connectivity index (χ1) is 15.1. The summed E-state index contributed by atoms with van der Waals surface area (Å²) in [5, 5.41) is 8.92. The lowest BCUT2D eigenvalue weighted by atomic mass is 10.0. The maximum absolute atomic E-state index is 12.0. The predicted molar refractivity (Wildman–Crippen MR) is 130 cm³/mol. The highest BCUT2D eigenvalue weighted by atomic mass is 32.2. The van der Waals surface area contributed by atoms with Crippen LogP contribution >= 0.6 is 11.8 Å². The van der Waals surface area contributed by atoms with Crippen molar-refractivity contribution in [3.63, 3.8) is 0 Å². The molecule has 1 aromatic carbocycles. The Bertz CT molecular complexity index is 630. The third-order valence-corrected chi connectivity index (χ3v) is 6.40. The van der Waals surface area contributed by atoms with Crippen molar-refractivity contribution in [2.24, 2.45) is 0 Å². The van der Waals surface area contributed by atoms with E-state index in [4.69, 9.17) is 9.84 Å². The smallest absolute Gasteiger partial charge is 0.311 e. The second-order valence-electron chi connectivity index (χ2n) is 8.28. The van der Waals surface area contributed by atoms with Crippen molar-refractivity contribution in [2.45, 2.75) is 115 Å². The molecule has 5 heteroatoms. The molecular formula is C26H42O4S. The van der Waals surface area contributed by atoms with E-state index in [-0.39, 0.29) is 12.4 Å². The minimum atomic E-state index is -0.810. The van der Waals surface area contributed by atoms with Gasteiger partial charge in [-0.1, -0.05) is 84.1 Å². The molecule has 0 saturated heterocycles. The lowest BCUT2D eigenvalue weighted by Gasteiger charge is -2.12. The van der Waals surface area contributed by atoms with E-state index in [0.717, 1.165) is 30.6 Å². The first kappa shape index (κ1) is 27.5. The quantitative estimate of drug-likeness (QED) is 0.101. The first-order valence-corrected chi connectivity index (χ1v) is 13.2. The highest BCUT2D eigenvalue weighted by Crippen LogP contribution is 2.32. The van der Waals surface area contributed by atoms with Crippen LogP contribution in [0.4, 0.5) is 0 Å². The molecule has 0 atom stereocenters. The van der Waals surface area contributed by atoms with Crippen molar-refractivity contribution in [2.75, 3.05) is 5.75 Å². The van der Waals surface area contributed by atoms with Crippen LogP contribution in [0.2, 0.25) is 0 Å². The van der Waals surface area contributed by atoms with Crippen molar-refractivity contribution in [1.29, 1.82) is 0 Å². The number of carbonyl (C=O) groups excluding carboxylic acids is 1. The van der Waals surface area contributed by atoms with Crippen LogP contribution < -0.4 is 4.74 Å². The monoisotopic (exact) mass is 450 g/mol. The summed E-state index contributed by atoms with van der Waals surface area (Å²) >= 11 is 1.46. The minimum Gasteiger partial charge on any atom is -0.481 e. The van der Waals surface area contributed by atoms with Crippen LogP contribution in [-0.4, -0.2) is 22.8 Å². The van der Waals surface area contributed by atoms with Crippen LogP contribution in [0.1, 0.15) is 109 Å². The molecule has 0 aromatic heterocycles. The van der Waals surface area contributed by atoms with Gasteiger partial charge in [-0.3, -0.25) is 9.59 Å². The number of aliphatic carboxylic acids is 1. The van der Waals surface area contributed by atoms with Gasteiger partial charge >= 0.3 is 11.9 Å². The Morgan fingerprint density at radius 1 is 0.839 bits per heavy atom. The molecule has 0 unspecified atom stereocenters. The van der Waals surface area contributed by atoms with E-state index in [1.165, 1.54) is 75.1 Å². The fourth-order valence-electron chi connectivity index (χ4n) is 3.46. The second-order valence-corrected chi connectivity index (χ2v) is 9.42. The van der Waals surface area contributed by atoms with Crippen LogP contribution in [0.25, 0.3) is 0 Å². The maximum atomic E-state index is 12.0. The number of ether oxygens (including phenoxy) is 1. The number of rotatable bonds is 19. The molecule has 0 heterocycles. The highest BCUT2D eigenvalue weighted by molar-refractivity contribution is 7.99. The Morgan fingerprint density at radius 2 is 1.45 bits per heavy atom. The predicted octanol–water partition coefficient (Wildman–Crippen LogP) is 7.81. The van der Waals surface area contributed by atoms with Crippen LogP contribution in [0, 0.1) is 0 Å². The molecule has 0 saturated carbocycles. The molecule has 1 aromatic rings. The fourth-order valence-corrected chi connectivity index (χ4v) is 4.45. The van der Waals surface area contributed by atoms with Crippen molar-refractivity contribution in [3.8, 4) is 5.75 Å². The summed E-state index contributed by atoms with van der Waals surface area (Å²) in [4.78, 5) is 23.8. The van der Waals surface area contributed by atoms with Gasteiger partial charge in [-0.2, -0.15) is 0 Å². The Balaban J connectivity index is 2.45. The van der Waals surface area contributed by atoms with Crippen molar-refractivity contribution < 1.29 is 19.4 Å². The summed E-state index contributed by atoms with van der Waals surface area (Å²) in [6.07, 6.45) is 16.5. The first-order valence-electron chi connectivity index (χ1n) is 12.2. The lowest BCUT2D eigenvalue weighted by molar-refractivity contribution is -0.136. The van der Waals surface area contributed by atoms with Crippen LogP contribution in [0.15, 0.2) is 23.1 Å². The number of hydrogen-bond acceptors (Lipinski definition) is 4. The Hall–Kier alpha value is -1.49. The molecule has 1 N–H and O–H groups in total. The summed E-state index contributed by atoms with van der Waals surface area (Å²) in [6.45, 7) is 4.30. The van der Waals surface area contributed by atoms with Gasteiger partial charge in [0, 0.05) is 12.2 Å². The molecule has 0 fully saturated rings. The number of hydrogen-bond donors (Lipinski definition) is 1. The molecule has 1 rings (SSSR count). The second kappa shape index (κ2) is 18.1. The van der Waals surface area contributed by atoms with E-state index in [2.05, 4.69) is 13.0 Å². The van der Waals surface area contributed by atoms with Gasteiger partial charge in [0.1, 0.15) is 5.75 Å². The Kier molecular flexibility index (Phi) is 16.1. The van der Waals surface area contributed by atoms with Gasteiger partial charge in [0.2, 0.25) is 0 Å². The van der Waals surface area contributed by atoms with Crippen molar-refractivity contribution >= 4 is 23.7 Å². The molecule has 0 radical (unpaired) electrons. The Labute approximate surface area is 193 Å². The number of carbonyl (C=O) groups is 2. The van der Waals surface area contributed by atoms with Gasteiger partial charge < -0.3 is 9.84 Å². The fraction of sp³-hybridized carbons (Fsp3) is 0.692. The standard InChI is InChI=1S/C26H42O4S/c1-3-5-7-8-9-10-11-12-13-14-15-22-17-18-23(30-26(29)16-6-4-2)24(21-22)31-20-19-25(27)28/h17-18,21H,3-16,19-20H2,1-2H3,(H,27,28). The van der Waals surface area contributed by atoms with Gasteiger partial charge in [-0.25, -0.2) is 0 Å². The SMILES string of the molecule is CCCCCCCCCCCCc1ccc(OC(=O)CCCC)c(SCCC(=O)O)c1. The number of aryl methyl sites for hydroxylation is 1. The number of esters is 1. The number of thioether (sulfide) groups is 1. The molecule has 0 aliphatic heterocycles. The number of carboxylic acid groups (broad SMARTS) is 1. The van der Waals surface area contributed by atoms with E-state index in [9.17, 15) is 9.59 Å². The molecule has 176 valence electrons. The number of benzene rings is 1. The molecule has 0 aliphatic rings. The summed E-state index contributed by atoms with van der Waals surface area (Å²) < 4.78 is 5.56. The van der Waals surface area contributed by atoms with E-state index in [1.807, 2.05) is 19.1 Å². The average Bonchev–Trinajstić information content (AvgIpc) is 2.75. The third-order valence-electron chi connectivity index (χ3n) is 5.36. The zero-order chi connectivity index (χ0) is 22.7. The molecule has 0 amide bonds. The zero-order valence-corrected chi connectivity index (χ0v) is 20.4. The minimum absolute atomic E-state index is 0.0938. The zero-order valence-electron chi connectivity index (χ0n) is 19.6. The molecular weight excluding hydrogens is 408 g/mol. The van der Waals surface area contributed by atoms with E-state index < -0.39 is 5.97 Å². The summed E-state index contributed by atoms with van der Waals surface area (Å²) in [5.74, 6) is -0.000454. The van der Waals surface area contributed by atoms with Gasteiger partial charge in [0.15, 0.2) is 0 Å². The molecule has 0 aliphatic carbocycles. The van der Waals surface area contributed by atoms with Crippen LogP contribution in [0.3, 0.4) is 0 Å². The van der Waals surface area contributed by atoms with Gasteiger partial charge in [0.05, 0.1) is 11.3 Å². The van der Waals surface area contributed by atoms with Gasteiger partial charge in [-0.05, 0) is 37.0 Å². The largest absolute Gasteiger partial charge is 0.481 e. The highest BCUT2D eigenvalue weighted by Gasteiger charge is 2.12. The average molecular weight is 451 g/mol. The number of unbranched alkanes of at least 4 members (excludes halogenated alkanes) is 10. The molecule has 0 bridgehead atoms. The lowest BCUT2D eigenvalue weighted by Crippen LogP contribution is -2.08. The molecule has 31 heavy (non-hydrogen) atoms. The topological polar surface area (TPSA) is 63.6 Å². The maximum Gasteiger partial charge on any atom is 0.311 e. The van der Waals surface area contributed by atoms with E-state index in [0.29, 0.717) is 17.9 Å².